The summed E-state index contributed by atoms with van der Waals surface area (Å²) in [5.41, 5.74) is 5.45. The standard InChI is InChI=1S/C23H30N2O4/c1-13-11-19(25-22(27)23(28)29)15(3)14(2)18(13)12-17-9-10-20(26)21(24-17)16-7-5-4-6-8-16/h9-11,16,20-21,26H,4-8,12H2,1-3H3,(H,25,27)(H,28,29). The fraction of sp³-hybridized carbons (Fsp3) is 0.522. The van der Waals surface area contributed by atoms with Gasteiger partial charge in [0.2, 0.25) is 0 Å². The number of allylic oxidation sites excluding steroid dienone is 1. The largest absolute Gasteiger partial charge is 0.474 e. The number of aliphatic carboxylic acids is 1. The van der Waals surface area contributed by atoms with E-state index < -0.39 is 18.0 Å². The highest BCUT2D eigenvalue weighted by Gasteiger charge is 2.30. The molecule has 1 aromatic carbocycles. The predicted molar refractivity (Wildman–Crippen MR) is 114 cm³/mol. The Morgan fingerprint density at radius 3 is 2.48 bits per heavy atom. The van der Waals surface area contributed by atoms with Crippen LogP contribution in [0.4, 0.5) is 5.69 Å². The molecular formula is C23H30N2O4. The molecule has 0 aromatic heterocycles. The number of aryl methyl sites for hydroxylation is 1. The number of aliphatic imine (C=N–C) groups is 1. The quantitative estimate of drug-likeness (QED) is 0.676. The van der Waals surface area contributed by atoms with Gasteiger partial charge in [-0.2, -0.15) is 0 Å². The van der Waals surface area contributed by atoms with Crippen LogP contribution in [0.1, 0.15) is 54.4 Å². The summed E-state index contributed by atoms with van der Waals surface area (Å²) >= 11 is 0. The van der Waals surface area contributed by atoms with Crippen LogP contribution in [-0.4, -0.2) is 39.9 Å². The minimum absolute atomic E-state index is 0.0638. The van der Waals surface area contributed by atoms with Gasteiger partial charge in [-0.25, -0.2) is 4.79 Å². The van der Waals surface area contributed by atoms with Gasteiger partial charge >= 0.3 is 11.9 Å². The lowest BCUT2D eigenvalue weighted by Gasteiger charge is -2.32. The number of hydrogen-bond donors (Lipinski definition) is 3. The number of hydrogen-bond acceptors (Lipinski definition) is 4. The highest BCUT2D eigenvalue weighted by molar-refractivity contribution is 6.36. The molecule has 0 bridgehead atoms. The van der Waals surface area contributed by atoms with Crippen LogP contribution in [0.5, 0.6) is 0 Å². The van der Waals surface area contributed by atoms with Gasteiger partial charge in [0.15, 0.2) is 0 Å². The SMILES string of the molecule is Cc1cc(NC(=O)C(=O)O)c(C)c(C)c1CC1=NC(C2CCCCC2)C(O)C=C1. The third-order valence-corrected chi connectivity index (χ3v) is 6.34. The van der Waals surface area contributed by atoms with E-state index in [9.17, 15) is 14.7 Å². The van der Waals surface area contributed by atoms with Gasteiger partial charge in [0.1, 0.15) is 0 Å². The summed E-state index contributed by atoms with van der Waals surface area (Å²) in [7, 11) is 0. The minimum atomic E-state index is -1.50. The summed E-state index contributed by atoms with van der Waals surface area (Å²) in [6, 6.07) is 1.75. The summed E-state index contributed by atoms with van der Waals surface area (Å²) in [5.74, 6) is -2.10. The Labute approximate surface area is 171 Å². The molecule has 3 N–H and O–H groups in total. The number of carboxylic acid groups (broad SMARTS) is 1. The number of anilines is 1. The minimum Gasteiger partial charge on any atom is -0.474 e. The second-order valence-electron chi connectivity index (χ2n) is 8.26. The lowest BCUT2D eigenvalue weighted by atomic mass is 9.81. The zero-order chi connectivity index (χ0) is 21.1. The molecule has 1 heterocycles. The Morgan fingerprint density at radius 2 is 1.83 bits per heavy atom. The zero-order valence-corrected chi connectivity index (χ0v) is 17.4. The number of dihydropyridines is 1. The van der Waals surface area contributed by atoms with E-state index in [4.69, 9.17) is 10.1 Å². The van der Waals surface area contributed by atoms with Crippen molar-refractivity contribution in [3.63, 3.8) is 0 Å². The van der Waals surface area contributed by atoms with Crippen molar-refractivity contribution in [1.29, 1.82) is 0 Å². The maximum absolute atomic E-state index is 11.5. The van der Waals surface area contributed by atoms with E-state index >= 15 is 0 Å². The Hall–Kier alpha value is -2.47. The summed E-state index contributed by atoms with van der Waals surface area (Å²) in [5, 5.41) is 21.7. The molecule has 1 fully saturated rings. The van der Waals surface area contributed by atoms with E-state index in [-0.39, 0.29) is 6.04 Å². The summed E-state index contributed by atoms with van der Waals surface area (Å²) in [6.07, 6.45) is 9.86. The number of carbonyl (C=O) groups excluding carboxylic acids is 1. The number of aliphatic hydroxyl groups excluding tert-OH is 1. The van der Waals surface area contributed by atoms with Gasteiger partial charge in [0.05, 0.1) is 12.1 Å². The number of carboxylic acids is 1. The third-order valence-electron chi connectivity index (χ3n) is 6.34. The molecule has 1 aliphatic carbocycles. The van der Waals surface area contributed by atoms with Gasteiger partial charge in [-0.05, 0) is 73.9 Å². The van der Waals surface area contributed by atoms with Crippen LogP contribution in [0, 0.1) is 26.7 Å². The molecule has 29 heavy (non-hydrogen) atoms. The van der Waals surface area contributed by atoms with Crippen LogP contribution < -0.4 is 5.32 Å². The van der Waals surface area contributed by atoms with Crippen LogP contribution in [0.2, 0.25) is 0 Å². The Kier molecular flexibility index (Phi) is 6.52. The van der Waals surface area contributed by atoms with Gasteiger partial charge in [-0.15, -0.1) is 0 Å². The maximum Gasteiger partial charge on any atom is 0.394 e. The molecule has 3 rings (SSSR count). The van der Waals surface area contributed by atoms with Crippen LogP contribution in [0.3, 0.4) is 0 Å². The molecule has 1 aromatic rings. The highest BCUT2D eigenvalue weighted by Crippen LogP contribution is 2.32. The van der Waals surface area contributed by atoms with Crippen molar-refractivity contribution in [1.82, 2.24) is 0 Å². The fourth-order valence-corrected chi connectivity index (χ4v) is 4.49. The molecule has 6 nitrogen and oxygen atoms in total. The molecule has 0 spiro atoms. The fourth-order valence-electron chi connectivity index (χ4n) is 4.49. The third kappa shape index (κ3) is 4.75. The Balaban J connectivity index is 1.83. The first kappa shape index (κ1) is 21.2. The van der Waals surface area contributed by atoms with Gasteiger partial charge in [0.25, 0.3) is 0 Å². The van der Waals surface area contributed by atoms with Crippen molar-refractivity contribution in [2.24, 2.45) is 10.9 Å². The van der Waals surface area contributed by atoms with Crippen molar-refractivity contribution in [2.75, 3.05) is 5.32 Å². The van der Waals surface area contributed by atoms with Gasteiger partial charge in [-0.1, -0.05) is 25.3 Å². The highest BCUT2D eigenvalue weighted by atomic mass is 16.4. The van der Waals surface area contributed by atoms with Crippen molar-refractivity contribution in [3.8, 4) is 0 Å². The van der Waals surface area contributed by atoms with Gasteiger partial charge in [-0.3, -0.25) is 9.79 Å². The number of nitrogens with one attached hydrogen (secondary N) is 1. The molecular weight excluding hydrogens is 368 g/mol. The van der Waals surface area contributed by atoms with Crippen LogP contribution >= 0.6 is 0 Å². The molecule has 1 saturated carbocycles. The molecule has 0 saturated heterocycles. The molecule has 0 radical (unpaired) electrons. The number of nitrogens with zero attached hydrogens (tertiary/aromatic N) is 1. The van der Waals surface area contributed by atoms with E-state index in [1.54, 1.807) is 0 Å². The number of amides is 1. The monoisotopic (exact) mass is 398 g/mol. The van der Waals surface area contributed by atoms with Gasteiger partial charge < -0.3 is 15.5 Å². The molecule has 1 amide bonds. The Bertz CT molecular complexity index is 866. The van der Waals surface area contributed by atoms with E-state index in [1.165, 1.54) is 19.3 Å². The van der Waals surface area contributed by atoms with E-state index in [1.807, 2.05) is 39.0 Å². The number of carbonyl (C=O) groups is 2. The molecule has 2 unspecified atom stereocenters. The molecule has 2 aliphatic rings. The van der Waals surface area contributed by atoms with E-state index in [0.717, 1.165) is 40.8 Å². The Morgan fingerprint density at radius 1 is 1.14 bits per heavy atom. The molecule has 6 heteroatoms. The molecule has 1 aliphatic heterocycles. The van der Waals surface area contributed by atoms with Crippen LogP contribution in [-0.2, 0) is 16.0 Å². The van der Waals surface area contributed by atoms with Crippen molar-refractivity contribution < 1.29 is 19.8 Å². The van der Waals surface area contributed by atoms with Crippen LogP contribution in [0.15, 0.2) is 23.2 Å². The van der Waals surface area contributed by atoms with Crippen molar-refractivity contribution >= 4 is 23.3 Å². The van der Waals surface area contributed by atoms with E-state index in [0.29, 0.717) is 18.0 Å². The predicted octanol–water partition coefficient (Wildman–Crippen LogP) is 3.50. The average Bonchev–Trinajstić information content (AvgIpc) is 2.71. The number of aliphatic hydroxyl groups is 1. The topological polar surface area (TPSA) is 99.0 Å². The second kappa shape index (κ2) is 8.91. The normalized spacial score (nSPS) is 22.3. The molecule has 156 valence electrons. The summed E-state index contributed by atoms with van der Waals surface area (Å²) < 4.78 is 0. The lowest BCUT2D eigenvalue weighted by Crippen LogP contribution is -2.35. The first-order valence-corrected chi connectivity index (χ1v) is 10.3. The zero-order valence-electron chi connectivity index (χ0n) is 17.4. The average molecular weight is 399 g/mol. The second-order valence-corrected chi connectivity index (χ2v) is 8.26. The van der Waals surface area contributed by atoms with Gasteiger partial charge in [0, 0.05) is 17.8 Å². The van der Waals surface area contributed by atoms with Crippen LogP contribution in [0.25, 0.3) is 0 Å². The number of benzene rings is 1. The summed E-state index contributed by atoms with van der Waals surface area (Å²) in [4.78, 5) is 27.3. The molecule has 2 atom stereocenters. The summed E-state index contributed by atoms with van der Waals surface area (Å²) in [6.45, 7) is 5.82. The first-order valence-electron chi connectivity index (χ1n) is 10.3. The number of rotatable bonds is 4. The first-order chi connectivity index (χ1) is 13.8. The maximum atomic E-state index is 11.5. The smallest absolute Gasteiger partial charge is 0.394 e. The lowest BCUT2D eigenvalue weighted by molar-refractivity contribution is -0.147. The van der Waals surface area contributed by atoms with Crippen molar-refractivity contribution in [2.45, 2.75) is 71.4 Å². The van der Waals surface area contributed by atoms with E-state index in [2.05, 4.69) is 5.32 Å². The van der Waals surface area contributed by atoms with Crippen molar-refractivity contribution in [3.05, 3.63) is 40.5 Å².